The number of aliphatic hydroxyl groups is 1. The Labute approximate surface area is 144 Å². The van der Waals surface area contributed by atoms with Gasteiger partial charge in [-0.15, -0.1) is 0 Å². The first-order chi connectivity index (χ1) is 11.6. The van der Waals surface area contributed by atoms with Gasteiger partial charge in [0, 0.05) is 25.2 Å². The highest BCUT2D eigenvalue weighted by molar-refractivity contribution is 5.67. The van der Waals surface area contributed by atoms with Gasteiger partial charge in [-0.05, 0) is 37.7 Å². The number of benzene rings is 1. The smallest absolute Gasteiger partial charge is 0.407 e. The van der Waals surface area contributed by atoms with Gasteiger partial charge in [0.2, 0.25) is 0 Å². The first-order valence-corrected chi connectivity index (χ1v) is 9.01. The molecule has 1 aromatic rings. The van der Waals surface area contributed by atoms with Crippen molar-refractivity contribution in [2.45, 2.75) is 57.4 Å². The molecule has 1 aromatic carbocycles. The van der Waals surface area contributed by atoms with Crippen molar-refractivity contribution in [1.82, 2.24) is 10.2 Å². The number of aliphatic hydroxyl groups excluding tert-OH is 1. The number of hydrogen-bond donors (Lipinski definition) is 2. The quantitative estimate of drug-likeness (QED) is 0.870. The van der Waals surface area contributed by atoms with E-state index in [-0.39, 0.29) is 30.8 Å². The third-order valence-corrected chi connectivity index (χ3v) is 5.32. The van der Waals surface area contributed by atoms with E-state index in [1.54, 1.807) is 0 Å². The number of alkyl carbamates (subject to hydrolysis) is 1. The molecule has 1 heterocycles. The molecule has 2 fully saturated rings. The molecule has 0 spiro atoms. The zero-order valence-electron chi connectivity index (χ0n) is 14.4. The van der Waals surface area contributed by atoms with E-state index >= 15 is 0 Å². The van der Waals surface area contributed by atoms with Crippen LogP contribution in [0.1, 0.15) is 38.2 Å². The summed E-state index contributed by atoms with van der Waals surface area (Å²) >= 11 is 0. The van der Waals surface area contributed by atoms with Crippen LogP contribution in [0.2, 0.25) is 0 Å². The zero-order chi connectivity index (χ0) is 16.9. The molecule has 2 aliphatic rings. The van der Waals surface area contributed by atoms with E-state index in [4.69, 9.17) is 4.74 Å². The molecule has 3 rings (SSSR count). The van der Waals surface area contributed by atoms with Crippen LogP contribution in [-0.2, 0) is 11.3 Å². The minimum atomic E-state index is -0.372. The first-order valence-electron chi connectivity index (χ1n) is 9.01. The summed E-state index contributed by atoms with van der Waals surface area (Å²) in [6.07, 6.45) is 3.84. The molecule has 1 amide bonds. The molecule has 5 nitrogen and oxygen atoms in total. The fourth-order valence-electron chi connectivity index (χ4n) is 3.61. The van der Waals surface area contributed by atoms with Gasteiger partial charge in [-0.2, -0.15) is 0 Å². The normalized spacial score (nSPS) is 26.4. The number of likely N-dealkylation sites (tertiary alicyclic amines) is 1. The van der Waals surface area contributed by atoms with E-state index in [0.717, 1.165) is 25.1 Å². The minimum absolute atomic E-state index is 0.0437. The molecule has 132 valence electrons. The van der Waals surface area contributed by atoms with Gasteiger partial charge >= 0.3 is 6.09 Å². The van der Waals surface area contributed by atoms with Gasteiger partial charge in [-0.3, -0.25) is 4.90 Å². The van der Waals surface area contributed by atoms with Crippen LogP contribution >= 0.6 is 0 Å². The summed E-state index contributed by atoms with van der Waals surface area (Å²) in [6.45, 7) is 3.92. The van der Waals surface area contributed by atoms with Gasteiger partial charge in [0.05, 0.1) is 6.10 Å². The highest BCUT2D eigenvalue weighted by atomic mass is 16.5. The minimum Gasteiger partial charge on any atom is -0.445 e. The van der Waals surface area contributed by atoms with E-state index in [1.165, 1.54) is 19.3 Å². The summed E-state index contributed by atoms with van der Waals surface area (Å²) in [5.41, 5.74) is 0.981. The Hall–Kier alpha value is -1.59. The monoisotopic (exact) mass is 332 g/mol. The van der Waals surface area contributed by atoms with Crippen molar-refractivity contribution in [3.05, 3.63) is 35.9 Å². The van der Waals surface area contributed by atoms with E-state index in [1.807, 2.05) is 37.3 Å². The predicted octanol–water partition coefficient (Wildman–Crippen LogP) is 2.54. The molecule has 1 aliphatic heterocycles. The average molecular weight is 332 g/mol. The molecular weight excluding hydrogens is 304 g/mol. The molecule has 5 heteroatoms. The molecular formula is C19H28N2O3. The summed E-state index contributed by atoms with van der Waals surface area (Å²) in [7, 11) is 0. The molecule has 0 aromatic heterocycles. The summed E-state index contributed by atoms with van der Waals surface area (Å²) < 4.78 is 5.33. The zero-order valence-corrected chi connectivity index (χ0v) is 14.4. The molecule has 1 saturated carbocycles. The van der Waals surface area contributed by atoms with Gasteiger partial charge < -0.3 is 15.2 Å². The van der Waals surface area contributed by atoms with E-state index in [0.29, 0.717) is 6.04 Å². The summed E-state index contributed by atoms with van der Waals surface area (Å²) in [5, 5.41) is 13.0. The van der Waals surface area contributed by atoms with Crippen molar-refractivity contribution in [2.24, 2.45) is 5.92 Å². The third-order valence-electron chi connectivity index (χ3n) is 5.32. The second-order valence-corrected chi connectivity index (χ2v) is 7.18. The number of carbonyl (C=O) groups excluding carboxylic acids is 1. The second kappa shape index (κ2) is 7.99. The lowest BCUT2D eigenvalue weighted by atomic mass is 9.85. The molecule has 2 N–H and O–H groups in total. The van der Waals surface area contributed by atoms with Crippen molar-refractivity contribution < 1.29 is 14.6 Å². The number of nitrogens with one attached hydrogen (secondary N) is 1. The molecule has 3 atom stereocenters. The Balaban J connectivity index is 1.51. The fourth-order valence-corrected chi connectivity index (χ4v) is 3.61. The van der Waals surface area contributed by atoms with Crippen molar-refractivity contribution in [3.63, 3.8) is 0 Å². The molecule has 1 saturated heterocycles. The molecule has 0 bridgehead atoms. The van der Waals surface area contributed by atoms with Crippen LogP contribution in [0.5, 0.6) is 0 Å². The number of hydrogen-bond acceptors (Lipinski definition) is 4. The van der Waals surface area contributed by atoms with Crippen LogP contribution in [0.15, 0.2) is 30.3 Å². The highest BCUT2D eigenvalue weighted by Gasteiger charge is 2.35. The van der Waals surface area contributed by atoms with Crippen LogP contribution in [-0.4, -0.2) is 47.4 Å². The molecule has 1 aliphatic carbocycles. The Morgan fingerprint density at radius 3 is 2.71 bits per heavy atom. The number of amides is 1. The lowest BCUT2D eigenvalue weighted by Gasteiger charge is -2.45. The highest BCUT2D eigenvalue weighted by Crippen LogP contribution is 2.30. The maximum absolute atomic E-state index is 12.1. The van der Waals surface area contributed by atoms with E-state index in [9.17, 15) is 9.90 Å². The van der Waals surface area contributed by atoms with Crippen molar-refractivity contribution in [2.75, 3.05) is 13.1 Å². The van der Waals surface area contributed by atoms with Crippen LogP contribution in [0.4, 0.5) is 4.79 Å². The van der Waals surface area contributed by atoms with Crippen molar-refractivity contribution >= 4 is 6.09 Å². The van der Waals surface area contributed by atoms with E-state index in [2.05, 4.69) is 10.2 Å². The third kappa shape index (κ3) is 4.48. The van der Waals surface area contributed by atoms with Crippen LogP contribution < -0.4 is 5.32 Å². The van der Waals surface area contributed by atoms with Gasteiger partial charge in [0.1, 0.15) is 6.61 Å². The van der Waals surface area contributed by atoms with Crippen LogP contribution in [0.25, 0.3) is 0 Å². The van der Waals surface area contributed by atoms with Gasteiger partial charge in [0.25, 0.3) is 0 Å². The average Bonchev–Trinajstić information content (AvgIpc) is 2.52. The Bertz CT molecular complexity index is 531. The SMILES string of the molecule is CC(O)C1CC(NC(=O)OCc2ccccc2)CN(C2CCC2)C1. The maximum Gasteiger partial charge on any atom is 0.407 e. The maximum atomic E-state index is 12.1. The Morgan fingerprint density at radius 2 is 2.08 bits per heavy atom. The summed E-state index contributed by atoms with van der Waals surface area (Å²) in [4.78, 5) is 14.5. The van der Waals surface area contributed by atoms with Gasteiger partial charge in [-0.25, -0.2) is 4.79 Å². The molecule has 24 heavy (non-hydrogen) atoms. The topological polar surface area (TPSA) is 61.8 Å². The summed E-state index contributed by atoms with van der Waals surface area (Å²) in [6, 6.07) is 10.4. The number of rotatable bonds is 5. The summed E-state index contributed by atoms with van der Waals surface area (Å²) in [5.74, 6) is 0.207. The van der Waals surface area contributed by atoms with Crippen LogP contribution in [0.3, 0.4) is 0 Å². The number of ether oxygens (including phenoxy) is 1. The lowest BCUT2D eigenvalue weighted by molar-refractivity contribution is 0.00988. The predicted molar refractivity (Wildman–Crippen MR) is 92.6 cm³/mol. The number of piperidine rings is 1. The Morgan fingerprint density at radius 1 is 1.33 bits per heavy atom. The first kappa shape index (κ1) is 17.2. The lowest BCUT2D eigenvalue weighted by Crippen LogP contribution is -2.56. The second-order valence-electron chi connectivity index (χ2n) is 7.18. The number of carbonyl (C=O) groups is 1. The van der Waals surface area contributed by atoms with Gasteiger partial charge in [-0.1, -0.05) is 36.8 Å². The van der Waals surface area contributed by atoms with Crippen molar-refractivity contribution in [1.29, 1.82) is 0 Å². The largest absolute Gasteiger partial charge is 0.445 e. The fraction of sp³-hybridized carbons (Fsp3) is 0.632. The van der Waals surface area contributed by atoms with Crippen LogP contribution in [0, 0.1) is 5.92 Å². The Kier molecular flexibility index (Phi) is 5.74. The van der Waals surface area contributed by atoms with E-state index < -0.39 is 0 Å². The standard InChI is InChI=1S/C19H28N2O3/c1-14(22)16-10-17(12-21(11-16)18-8-5-9-18)20-19(23)24-13-15-6-3-2-4-7-15/h2-4,6-7,14,16-18,22H,5,8-13H2,1H3,(H,20,23). The van der Waals surface area contributed by atoms with Gasteiger partial charge in [0.15, 0.2) is 0 Å². The number of nitrogens with zero attached hydrogens (tertiary/aromatic N) is 1. The molecule has 0 radical (unpaired) electrons. The molecule has 3 unspecified atom stereocenters. The van der Waals surface area contributed by atoms with Crippen molar-refractivity contribution in [3.8, 4) is 0 Å².